The van der Waals surface area contributed by atoms with Crippen molar-refractivity contribution >= 4 is 16.7 Å². The van der Waals surface area contributed by atoms with Crippen molar-refractivity contribution < 1.29 is 9.47 Å². The van der Waals surface area contributed by atoms with Crippen LogP contribution in [0.4, 0.5) is 0 Å². The molecular formula is C26H34N4O2. The normalized spacial score (nSPS) is 11.8. The van der Waals surface area contributed by atoms with E-state index in [0.29, 0.717) is 6.61 Å². The van der Waals surface area contributed by atoms with E-state index >= 15 is 0 Å². The number of hydrogen-bond acceptors (Lipinski definition) is 4. The molecule has 170 valence electrons. The monoisotopic (exact) mass is 434 g/mol. The van der Waals surface area contributed by atoms with Gasteiger partial charge in [-0.2, -0.15) is 9.61 Å². The van der Waals surface area contributed by atoms with Crippen molar-refractivity contribution in [3.63, 3.8) is 0 Å². The van der Waals surface area contributed by atoms with Gasteiger partial charge in [0.25, 0.3) is 0 Å². The Bertz CT molecular complexity index is 1260. The highest BCUT2D eigenvalue weighted by Crippen LogP contribution is 2.35. The molecular weight excluding hydrogens is 400 g/mol. The summed E-state index contributed by atoms with van der Waals surface area (Å²) in [5, 5.41) is 6.12. The summed E-state index contributed by atoms with van der Waals surface area (Å²) in [5.41, 5.74) is 11.3. The molecule has 0 aliphatic carbocycles. The topological polar surface area (TPSA) is 53.6 Å². The van der Waals surface area contributed by atoms with E-state index in [-0.39, 0.29) is 0 Å². The van der Waals surface area contributed by atoms with Crippen LogP contribution in [0.5, 0.6) is 0 Å². The first-order valence-corrected chi connectivity index (χ1v) is 11.4. The third kappa shape index (κ3) is 3.82. The molecule has 3 aromatic heterocycles. The molecule has 6 heteroatoms. The van der Waals surface area contributed by atoms with Crippen molar-refractivity contribution in [3.05, 3.63) is 52.0 Å². The molecule has 1 aromatic carbocycles. The van der Waals surface area contributed by atoms with Crippen LogP contribution < -0.4 is 0 Å². The van der Waals surface area contributed by atoms with Crippen LogP contribution in [0.25, 0.3) is 27.8 Å². The van der Waals surface area contributed by atoms with Gasteiger partial charge >= 0.3 is 0 Å². The fourth-order valence-corrected chi connectivity index (χ4v) is 4.92. The number of aromatic nitrogens is 4. The number of nitrogens with zero attached hydrogens (tertiary/aromatic N) is 4. The molecule has 0 saturated heterocycles. The third-order valence-corrected chi connectivity index (χ3v) is 6.15. The minimum absolute atomic E-state index is 0.549. The van der Waals surface area contributed by atoms with Crippen LogP contribution in [-0.4, -0.2) is 39.5 Å². The summed E-state index contributed by atoms with van der Waals surface area (Å²) in [4.78, 5) is 5.05. The molecule has 0 saturated carbocycles. The largest absolute Gasteiger partial charge is 0.382 e. The van der Waals surface area contributed by atoms with Crippen molar-refractivity contribution in [2.75, 3.05) is 20.3 Å². The standard InChI is InChI=1S/C26H34N4O2/c1-8-32-11-9-10-29-21(15-31-7)14-22-19(5)27-25-24(20(6)28-30(25)26(22)29)23-17(3)12-16(2)13-18(23)4/h12-14H,8-11,15H2,1-7H3. The first-order valence-electron chi connectivity index (χ1n) is 11.4. The van der Waals surface area contributed by atoms with E-state index in [2.05, 4.69) is 57.4 Å². The molecule has 0 aliphatic rings. The predicted octanol–water partition coefficient (Wildman–Crippen LogP) is 5.47. The Morgan fingerprint density at radius 3 is 2.31 bits per heavy atom. The lowest BCUT2D eigenvalue weighted by atomic mass is 9.94. The van der Waals surface area contributed by atoms with Gasteiger partial charge in [0, 0.05) is 37.9 Å². The van der Waals surface area contributed by atoms with Crippen molar-refractivity contribution in [2.24, 2.45) is 0 Å². The van der Waals surface area contributed by atoms with Crippen LogP contribution in [0.3, 0.4) is 0 Å². The molecule has 0 aliphatic heterocycles. The first-order chi connectivity index (χ1) is 15.4. The SMILES string of the molecule is CCOCCCn1c(COC)cc2c(C)nc3c(-c4c(C)cc(C)cc4C)c(C)nn3c21. The minimum atomic E-state index is 0.549. The predicted molar refractivity (Wildman–Crippen MR) is 129 cm³/mol. The number of ether oxygens (including phenoxy) is 2. The number of methoxy groups -OCH3 is 1. The van der Waals surface area contributed by atoms with Crippen LogP contribution in [0, 0.1) is 34.6 Å². The summed E-state index contributed by atoms with van der Waals surface area (Å²) in [6, 6.07) is 6.67. The van der Waals surface area contributed by atoms with E-state index in [1.54, 1.807) is 7.11 Å². The summed E-state index contributed by atoms with van der Waals surface area (Å²) in [7, 11) is 1.74. The summed E-state index contributed by atoms with van der Waals surface area (Å²) in [6.45, 7) is 15.6. The molecule has 0 bridgehead atoms. The third-order valence-electron chi connectivity index (χ3n) is 6.15. The van der Waals surface area contributed by atoms with Gasteiger partial charge in [-0.1, -0.05) is 17.7 Å². The molecule has 32 heavy (non-hydrogen) atoms. The lowest BCUT2D eigenvalue weighted by Gasteiger charge is -2.13. The van der Waals surface area contributed by atoms with Gasteiger partial charge in [0.05, 0.1) is 23.6 Å². The lowest BCUT2D eigenvalue weighted by molar-refractivity contribution is 0.140. The van der Waals surface area contributed by atoms with E-state index in [9.17, 15) is 0 Å². The summed E-state index contributed by atoms with van der Waals surface area (Å²) >= 11 is 0. The molecule has 4 aromatic rings. The van der Waals surface area contributed by atoms with Gasteiger partial charge in [0.2, 0.25) is 0 Å². The second-order valence-corrected chi connectivity index (χ2v) is 8.67. The van der Waals surface area contributed by atoms with Gasteiger partial charge in [-0.15, -0.1) is 0 Å². The van der Waals surface area contributed by atoms with E-state index in [1.807, 2.05) is 11.4 Å². The Kier molecular flexibility index (Phi) is 6.35. The Morgan fingerprint density at radius 2 is 1.66 bits per heavy atom. The van der Waals surface area contributed by atoms with Crippen molar-refractivity contribution in [1.29, 1.82) is 0 Å². The van der Waals surface area contributed by atoms with Crippen molar-refractivity contribution in [2.45, 2.75) is 61.1 Å². The van der Waals surface area contributed by atoms with Gasteiger partial charge < -0.3 is 14.0 Å². The second-order valence-electron chi connectivity index (χ2n) is 8.67. The molecule has 4 rings (SSSR count). The number of fused-ring (bicyclic) bond motifs is 3. The zero-order valence-electron chi connectivity index (χ0n) is 20.4. The van der Waals surface area contributed by atoms with E-state index < -0.39 is 0 Å². The Hall–Kier alpha value is -2.70. The Balaban J connectivity index is 1.99. The first kappa shape index (κ1) is 22.5. The van der Waals surface area contributed by atoms with Crippen LogP contribution in [-0.2, 0) is 22.6 Å². The van der Waals surface area contributed by atoms with Crippen molar-refractivity contribution in [1.82, 2.24) is 19.2 Å². The number of hydrogen-bond donors (Lipinski definition) is 0. The van der Waals surface area contributed by atoms with Gasteiger partial charge in [-0.25, -0.2) is 4.98 Å². The molecule has 0 unspecified atom stereocenters. The molecule has 0 fully saturated rings. The van der Waals surface area contributed by atoms with Gasteiger partial charge in [0.15, 0.2) is 5.65 Å². The maximum atomic E-state index is 5.59. The lowest BCUT2D eigenvalue weighted by Crippen LogP contribution is -2.09. The average Bonchev–Trinajstić information content (AvgIpc) is 3.24. The summed E-state index contributed by atoms with van der Waals surface area (Å²) in [5.74, 6) is 0. The highest BCUT2D eigenvalue weighted by Gasteiger charge is 2.22. The number of benzene rings is 1. The Labute approximate surface area is 190 Å². The van der Waals surface area contributed by atoms with E-state index in [4.69, 9.17) is 19.6 Å². The molecule has 0 atom stereocenters. The molecule has 0 spiro atoms. The maximum absolute atomic E-state index is 5.59. The van der Waals surface area contributed by atoms with E-state index in [1.165, 1.54) is 22.3 Å². The number of rotatable bonds is 8. The van der Waals surface area contributed by atoms with Crippen LogP contribution in [0.2, 0.25) is 0 Å². The second kappa shape index (κ2) is 9.04. The number of aryl methyl sites for hydroxylation is 6. The molecule has 3 heterocycles. The highest BCUT2D eigenvalue weighted by molar-refractivity contribution is 5.90. The minimum Gasteiger partial charge on any atom is -0.382 e. The van der Waals surface area contributed by atoms with Crippen LogP contribution >= 0.6 is 0 Å². The highest BCUT2D eigenvalue weighted by atomic mass is 16.5. The summed E-state index contributed by atoms with van der Waals surface area (Å²) < 4.78 is 15.5. The maximum Gasteiger partial charge on any atom is 0.165 e. The molecule has 0 N–H and O–H groups in total. The molecule has 6 nitrogen and oxygen atoms in total. The van der Waals surface area contributed by atoms with Crippen LogP contribution in [0.15, 0.2) is 18.2 Å². The van der Waals surface area contributed by atoms with Gasteiger partial charge in [-0.05, 0) is 70.7 Å². The van der Waals surface area contributed by atoms with Crippen LogP contribution in [0.1, 0.15) is 47.1 Å². The van der Waals surface area contributed by atoms with E-state index in [0.717, 1.165) is 65.5 Å². The fraction of sp³-hybridized carbons (Fsp3) is 0.462. The zero-order chi connectivity index (χ0) is 23.0. The van der Waals surface area contributed by atoms with Crippen molar-refractivity contribution in [3.8, 4) is 11.1 Å². The average molecular weight is 435 g/mol. The summed E-state index contributed by atoms with van der Waals surface area (Å²) in [6.07, 6.45) is 0.931. The van der Waals surface area contributed by atoms with Gasteiger partial charge in [-0.3, -0.25) is 0 Å². The molecule has 0 radical (unpaired) electrons. The van der Waals surface area contributed by atoms with Gasteiger partial charge in [0.1, 0.15) is 5.65 Å². The molecule has 0 amide bonds. The fourth-order valence-electron chi connectivity index (χ4n) is 4.92. The smallest absolute Gasteiger partial charge is 0.165 e. The zero-order valence-corrected chi connectivity index (χ0v) is 20.4. The quantitative estimate of drug-likeness (QED) is 0.345. The Morgan fingerprint density at radius 1 is 0.938 bits per heavy atom.